The van der Waals surface area contributed by atoms with Crippen molar-refractivity contribution in [3.05, 3.63) is 0 Å². The first-order valence-corrected chi connectivity index (χ1v) is 5.64. The summed E-state index contributed by atoms with van der Waals surface area (Å²) in [7, 11) is 1.66. The standard InChI is InChI=1S/C11H19NO4/c1-15-6-2-7-16-8-5-9-3-4-10(13)12-11(9)14/h9H,2-8H2,1H3,(H,12,13,14). The van der Waals surface area contributed by atoms with E-state index in [1.54, 1.807) is 7.11 Å². The fraction of sp³-hybridized carbons (Fsp3) is 0.818. The highest BCUT2D eigenvalue weighted by Gasteiger charge is 2.25. The second-order valence-corrected chi connectivity index (χ2v) is 3.90. The molecule has 0 aromatic carbocycles. The van der Waals surface area contributed by atoms with Gasteiger partial charge in [0.25, 0.3) is 0 Å². The fourth-order valence-corrected chi connectivity index (χ4v) is 1.65. The maximum Gasteiger partial charge on any atom is 0.229 e. The quantitative estimate of drug-likeness (QED) is 0.509. The van der Waals surface area contributed by atoms with Crippen molar-refractivity contribution in [2.45, 2.75) is 25.7 Å². The van der Waals surface area contributed by atoms with Crippen molar-refractivity contribution in [1.29, 1.82) is 0 Å². The number of nitrogens with one attached hydrogen (secondary N) is 1. The van der Waals surface area contributed by atoms with E-state index in [1.165, 1.54) is 0 Å². The molecule has 1 heterocycles. The minimum Gasteiger partial charge on any atom is -0.385 e. The third-order valence-electron chi connectivity index (χ3n) is 2.60. The molecule has 0 saturated carbocycles. The van der Waals surface area contributed by atoms with Crippen molar-refractivity contribution in [3.63, 3.8) is 0 Å². The van der Waals surface area contributed by atoms with Crippen molar-refractivity contribution in [2.24, 2.45) is 5.92 Å². The number of rotatable bonds is 7. The fourth-order valence-electron chi connectivity index (χ4n) is 1.65. The molecule has 0 spiro atoms. The lowest BCUT2D eigenvalue weighted by Crippen LogP contribution is -2.41. The number of hydrogen-bond donors (Lipinski definition) is 1. The van der Waals surface area contributed by atoms with E-state index in [4.69, 9.17) is 9.47 Å². The lowest BCUT2D eigenvalue weighted by atomic mass is 9.95. The van der Waals surface area contributed by atoms with E-state index < -0.39 is 0 Å². The smallest absolute Gasteiger partial charge is 0.229 e. The molecule has 1 atom stereocenters. The van der Waals surface area contributed by atoms with Gasteiger partial charge < -0.3 is 9.47 Å². The van der Waals surface area contributed by atoms with Crippen LogP contribution in [0.1, 0.15) is 25.7 Å². The SMILES string of the molecule is COCCCOCCC1CCC(=O)NC1=O. The van der Waals surface area contributed by atoms with Gasteiger partial charge in [0.1, 0.15) is 0 Å². The highest BCUT2D eigenvalue weighted by Crippen LogP contribution is 2.15. The van der Waals surface area contributed by atoms with Crippen LogP contribution in [0, 0.1) is 5.92 Å². The Morgan fingerprint density at radius 1 is 1.31 bits per heavy atom. The zero-order valence-electron chi connectivity index (χ0n) is 9.66. The third-order valence-corrected chi connectivity index (χ3v) is 2.60. The van der Waals surface area contributed by atoms with Crippen LogP contribution in [-0.4, -0.2) is 38.7 Å². The minimum atomic E-state index is -0.165. The number of carbonyl (C=O) groups is 2. The number of hydrogen-bond acceptors (Lipinski definition) is 4. The third kappa shape index (κ3) is 4.72. The van der Waals surface area contributed by atoms with Crippen LogP contribution < -0.4 is 5.32 Å². The van der Waals surface area contributed by atoms with E-state index in [9.17, 15) is 9.59 Å². The summed E-state index contributed by atoms with van der Waals surface area (Å²) in [5.41, 5.74) is 0. The van der Waals surface area contributed by atoms with E-state index in [1.807, 2.05) is 0 Å². The number of ether oxygens (including phenoxy) is 2. The molecule has 0 bridgehead atoms. The topological polar surface area (TPSA) is 64.6 Å². The molecule has 16 heavy (non-hydrogen) atoms. The summed E-state index contributed by atoms with van der Waals surface area (Å²) >= 11 is 0. The summed E-state index contributed by atoms with van der Waals surface area (Å²) in [4.78, 5) is 22.3. The largest absolute Gasteiger partial charge is 0.385 e. The van der Waals surface area contributed by atoms with Crippen LogP contribution in [-0.2, 0) is 19.1 Å². The molecule has 1 fully saturated rings. The van der Waals surface area contributed by atoms with Crippen LogP contribution in [0.25, 0.3) is 0 Å². The van der Waals surface area contributed by atoms with Crippen LogP contribution in [0.15, 0.2) is 0 Å². The van der Waals surface area contributed by atoms with E-state index in [0.29, 0.717) is 39.1 Å². The highest BCUT2D eigenvalue weighted by molar-refractivity contribution is 5.98. The summed E-state index contributed by atoms with van der Waals surface area (Å²) in [6.45, 7) is 1.91. The van der Waals surface area contributed by atoms with Gasteiger partial charge in [0.15, 0.2) is 0 Å². The van der Waals surface area contributed by atoms with Gasteiger partial charge in [0.05, 0.1) is 0 Å². The second-order valence-electron chi connectivity index (χ2n) is 3.90. The lowest BCUT2D eigenvalue weighted by Gasteiger charge is -2.20. The summed E-state index contributed by atoms with van der Waals surface area (Å²) < 4.78 is 10.3. The molecule has 1 aliphatic rings. The first-order valence-electron chi connectivity index (χ1n) is 5.64. The molecule has 0 radical (unpaired) electrons. The van der Waals surface area contributed by atoms with Crippen LogP contribution in [0.2, 0.25) is 0 Å². The molecule has 1 aliphatic heterocycles. The molecule has 0 aliphatic carbocycles. The lowest BCUT2D eigenvalue weighted by molar-refractivity contribution is -0.136. The molecule has 2 amide bonds. The van der Waals surface area contributed by atoms with E-state index >= 15 is 0 Å². The second kappa shape index (κ2) is 7.35. The average molecular weight is 229 g/mol. The van der Waals surface area contributed by atoms with Crippen molar-refractivity contribution in [1.82, 2.24) is 5.32 Å². The maximum absolute atomic E-state index is 11.4. The molecule has 5 heteroatoms. The van der Waals surface area contributed by atoms with Crippen molar-refractivity contribution in [2.75, 3.05) is 26.9 Å². The Bertz CT molecular complexity index is 242. The Morgan fingerprint density at radius 3 is 2.81 bits per heavy atom. The van der Waals surface area contributed by atoms with Gasteiger partial charge in [0, 0.05) is 39.3 Å². The first kappa shape index (κ1) is 13.1. The van der Waals surface area contributed by atoms with E-state index in [-0.39, 0.29) is 17.7 Å². The van der Waals surface area contributed by atoms with Gasteiger partial charge in [-0.05, 0) is 19.3 Å². The van der Waals surface area contributed by atoms with Crippen molar-refractivity contribution < 1.29 is 19.1 Å². The number of piperidine rings is 1. The summed E-state index contributed by atoms with van der Waals surface area (Å²) in [5, 5.41) is 2.34. The monoisotopic (exact) mass is 229 g/mol. The van der Waals surface area contributed by atoms with Crippen LogP contribution in [0.3, 0.4) is 0 Å². The van der Waals surface area contributed by atoms with Crippen LogP contribution >= 0.6 is 0 Å². The van der Waals surface area contributed by atoms with Gasteiger partial charge in [-0.3, -0.25) is 14.9 Å². The van der Waals surface area contributed by atoms with Crippen LogP contribution in [0.4, 0.5) is 0 Å². The number of imide groups is 1. The van der Waals surface area contributed by atoms with Gasteiger partial charge in [-0.15, -0.1) is 0 Å². The molecular formula is C11H19NO4. The Morgan fingerprint density at radius 2 is 2.12 bits per heavy atom. The van der Waals surface area contributed by atoms with Gasteiger partial charge in [-0.25, -0.2) is 0 Å². The Kier molecular flexibility index (Phi) is 6.03. The summed E-state index contributed by atoms with van der Waals surface area (Å²) in [6.07, 6.45) is 2.64. The van der Waals surface area contributed by atoms with Crippen molar-refractivity contribution >= 4 is 11.8 Å². The Labute approximate surface area is 95.5 Å². The normalized spacial score (nSPS) is 20.9. The summed E-state index contributed by atoms with van der Waals surface area (Å²) in [6, 6.07) is 0. The molecule has 92 valence electrons. The number of carbonyl (C=O) groups excluding carboxylic acids is 2. The van der Waals surface area contributed by atoms with E-state index in [2.05, 4.69) is 5.32 Å². The Hall–Kier alpha value is -0.940. The molecule has 1 N–H and O–H groups in total. The van der Waals surface area contributed by atoms with E-state index in [0.717, 1.165) is 6.42 Å². The summed E-state index contributed by atoms with van der Waals surface area (Å²) in [5.74, 6) is -0.390. The van der Waals surface area contributed by atoms with Crippen molar-refractivity contribution in [3.8, 4) is 0 Å². The first-order chi connectivity index (χ1) is 7.74. The predicted octanol–water partition coefficient (Wildman–Crippen LogP) is 0.482. The Balaban J connectivity index is 2.04. The van der Waals surface area contributed by atoms with Gasteiger partial charge in [0.2, 0.25) is 11.8 Å². The highest BCUT2D eigenvalue weighted by atomic mass is 16.5. The van der Waals surface area contributed by atoms with Gasteiger partial charge in [-0.1, -0.05) is 0 Å². The molecular weight excluding hydrogens is 210 g/mol. The molecule has 1 saturated heterocycles. The predicted molar refractivity (Wildman–Crippen MR) is 57.8 cm³/mol. The maximum atomic E-state index is 11.4. The number of amides is 2. The molecule has 0 aromatic rings. The molecule has 1 rings (SSSR count). The zero-order valence-corrected chi connectivity index (χ0v) is 9.66. The molecule has 1 unspecified atom stereocenters. The van der Waals surface area contributed by atoms with Crippen LogP contribution in [0.5, 0.6) is 0 Å². The van der Waals surface area contributed by atoms with Gasteiger partial charge in [-0.2, -0.15) is 0 Å². The van der Waals surface area contributed by atoms with Gasteiger partial charge >= 0.3 is 0 Å². The number of methoxy groups -OCH3 is 1. The average Bonchev–Trinajstić information content (AvgIpc) is 2.26. The molecule has 5 nitrogen and oxygen atoms in total. The minimum absolute atomic E-state index is 0.0693. The zero-order chi connectivity index (χ0) is 11.8. The molecule has 0 aromatic heterocycles.